The molecule has 1 aliphatic rings. The third kappa shape index (κ3) is 5.13. The molecular formula is C20H24N6O2S2. The van der Waals surface area contributed by atoms with Gasteiger partial charge < -0.3 is 15.5 Å². The number of nitrogens with zero attached hydrogens (tertiary/aromatic N) is 5. The summed E-state index contributed by atoms with van der Waals surface area (Å²) in [6.45, 7) is 4.65. The van der Waals surface area contributed by atoms with Crippen LogP contribution in [0, 0.1) is 0 Å². The summed E-state index contributed by atoms with van der Waals surface area (Å²) in [5.74, 6) is 8.00. The van der Waals surface area contributed by atoms with Gasteiger partial charge in [-0.3, -0.25) is 9.69 Å². The molecule has 1 amide bonds. The van der Waals surface area contributed by atoms with Crippen molar-refractivity contribution < 1.29 is 9.53 Å². The number of carbonyl (C=O) groups is 1. The summed E-state index contributed by atoms with van der Waals surface area (Å²) in [7, 11) is 0. The van der Waals surface area contributed by atoms with Crippen molar-refractivity contribution in [3.63, 3.8) is 0 Å². The Kier molecular flexibility index (Phi) is 6.88. The van der Waals surface area contributed by atoms with Crippen molar-refractivity contribution in [2.45, 2.75) is 5.16 Å². The number of piperazine rings is 1. The van der Waals surface area contributed by atoms with Gasteiger partial charge in [-0.25, -0.2) is 4.68 Å². The van der Waals surface area contributed by atoms with Crippen LogP contribution in [0.25, 0.3) is 10.7 Å². The van der Waals surface area contributed by atoms with Crippen LogP contribution in [0.5, 0.6) is 5.75 Å². The second-order valence-corrected chi connectivity index (χ2v) is 8.72. The molecule has 158 valence electrons. The Hall–Kier alpha value is -2.56. The normalized spacial score (nSPS) is 14.7. The van der Waals surface area contributed by atoms with Crippen molar-refractivity contribution in [1.29, 1.82) is 0 Å². The number of aromatic nitrogens is 3. The number of hydrogen-bond acceptors (Lipinski definition) is 8. The Morgan fingerprint density at radius 3 is 2.63 bits per heavy atom. The lowest BCUT2D eigenvalue weighted by atomic mass is 10.3. The third-order valence-electron chi connectivity index (χ3n) is 4.88. The minimum absolute atomic E-state index is 0.0980. The molecule has 1 saturated heterocycles. The molecule has 0 aliphatic carbocycles. The molecule has 0 bridgehead atoms. The van der Waals surface area contributed by atoms with E-state index in [0.717, 1.165) is 43.4 Å². The van der Waals surface area contributed by atoms with Crippen LogP contribution >= 0.6 is 23.1 Å². The number of nitrogens with two attached hydrogens (primary N) is 1. The molecule has 30 heavy (non-hydrogen) atoms. The molecule has 0 unspecified atom stereocenters. The second-order valence-electron chi connectivity index (χ2n) is 6.83. The van der Waals surface area contributed by atoms with E-state index in [0.29, 0.717) is 23.3 Å². The maximum absolute atomic E-state index is 12.6. The predicted octanol–water partition coefficient (Wildman–Crippen LogP) is 2.04. The maximum atomic E-state index is 12.6. The van der Waals surface area contributed by atoms with Gasteiger partial charge in [0.1, 0.15) is 12.4 Å². The van der Waals surface area contributed by atoms with Crippen LogP contribution in [0.15, 0.2) is 53.0 Å². The fourth-order valence-corrected chi connectivity index (χ4v) is 4.66. The molecule has 0 radical (unpaired) electrons. The van der Waals surface area contributed by atoms with Crippen molar-refractivity contribution in [1.82, 2.24) is 24.7 Å². The highest BCUT2D eigenvalue weighted by molar-refractivity contribution is 7.99. The summed E-state index contributed by atoms with van der Waals surface area (Å²) in [5, 5.41) is 10.8. The molecule has 1 aromatic carbocycles. The first-order chi connectivity index (χ1) is 14.7. The van der Waals surface area contributed by atoms with E-state index in [4.69, 9.17) is 10.6 Å². The molecule has 2 N–H and O–H groups in total. The van der Waals surface area contributed by atoms with Gasteiger partial charge in [0.15, 0.2) is 5.82 Å². The Bertz CT molecular complexity index is 940. The van der Waals surface area contributed by atoms with Gasteiger partial charge >= 0.3 is 0 Å². The van der Waals surface area contributed by atoms with E-state index >= 15 is 0 Å². The van der Waals surface area contributed by atoms with Gasteiger partial charge in [0.05, 0.1) is 10.6 Å². The number of amides is 1. The number of hydrogen-bond donors (Lipinski definition) is 1. The number of thiophene rings is 1. The fourth-order valence-electron chi connectivity index (χ4n) is 3.20. The van der Waals surface area contributed by atoms with E-state index < -0.39 is 0 Å². The van der Waals surface area contributed by atoms with E-state index in [1.807, 2.05) is 52.7 Å². The number of benzene rings is 1. The van der Waals surface area contributed by atoms with E-state index in [1.165, 1.54) is 16.4 Å². The first kappa shape index (κ1) is 20.7. The van der Waals surface area contributed by atoms with Crippen molar-refractivity contribution in [2.75, 3.05) is 50.9 Å². The van der Waals surface area contributed by atoms with Crippen LogP contribution in [0.3, 0.4) is 0 Å². The van der Waals surface area contributed by atoms with Crippen LogP contribution < -0.4 is 10.6 Å². The largest absolute Gasteiger partial charge is 0.492 e. The van der Waals surface area contributed by atoms with Crippen molar-refractivity contribution in [3.8, 4) is 16.5 Å². The van der Waals surface area contributed by atoms with Crippen molar-refractivity contribution >= 4 is 29.0 Å². The number of thioether (sulfide) groups is 1. The molecule has 8 nitrogen and oxygen atoms in total. The van der Waals surface area contributed by atoms with Crippen LogP contribution in [0.4, 0.5) is 0 Å². The zero-order valence-corrected chi connectivity index (χ0v) is 18.1. The van der Waals surface area contributed by atoms with Crippen molar-refractivity contribution in [2.24, 2.45) is 0 Å². The quantitative estimate of drug-likeness (QED) is 0.420. The maximum Gasteiger partial charge on any atom is 0.233 e. The molecule has 0 saturated carbocycles. The molecule has 0 atom stereocenters. The summed E-state index contributed by atoms with van der Waals surface area (Å²) in [6, 6.07) is 13.7. The minimum atomic E-state index is 0.0980. The predicted molar refractivity (Wildman–Crippen MR) is 119 cm³/mol. The number of rotatable bonds is 8. The number of nitrogen functional groups attached to an aromatic ring is 1. The lowest BCUT2D eigenvalue weighted by Crippen LogP contribution is -2.50. The molecule has 3 aromatic rings. The number of carbonyl (C=O) groups excluding carboxylic acids is 1. The fraction of sp³-hybridized carbons (Fsp3) is 0.350. The van der Waals surface area contributed by atoms with Gasteiger partial charge in [0, 0.05) is 32.7 Å². The molecule has 10 heteroatoms. The van der Waals surface area contributed by atoms with Gasteiger partial charge in [-0.05, 0) is 23.6 Å². The molecule has 4 rings (SSSR count). The summed E-state index contributed by atoms with van der Waals surface area (Å²) in [5.41, 5.74) is 0. The van der Waals surface area contributed by atoms with E-state index in [9.17, 15) is 4.79 Å². The number of para-hydroxylation sites is 1. The Morgan fingerprint density at radius 1 is 1.10 bits per heavy atom. The smallest absolute Gasteiger partial charge is 0.233 e. The average molecular weight is 445 g/mol. The van der Waals surface area contributed by atoms with Crippen molar-refractivity contribution in [3.05, 3.63) is 47.8 Å². The summed E-state index contributed by atoms with van der Waals surface area (Å²) >= 11 is 2.88. The molecule has 1 aliphatic heterocycles. The third-order valence-corrected chi connectivity index (χ3v) is 6.67. The van der Waals surface area contributed by atoms with Crippen LogP contribution in [-0.2, 0) is 4.79 Å². The van der Waals surface area contributed by atoms with Crippen LogP contribution in [-0.4, -0.2) is 75.7 Å². The van der Waals surface area contributed by atoms with Gasteiger partial charge in [-0.2, -0.15) is 0 Å². The van der Waals surface area contributed by atoms with Gasteiger partial charge in [-0.1, -0.05) is 36.0 Å². The van der Waals surface area contributed by atoms with Crippen LogP contribution in [0.1, 0.15) is 0 Å². The Morgan fingerprint density at radius 2 is 1.90 bits per heavy atom. The van der Waals surface area contributed by atoms with E-state index in [1.54, 1.807) is 11.3 Å². The highest BCUT2D eigenvalue weighted by atomic mass is 32.2. The topological polar surface area (TPSA) is 89.5 Å². The molecular weight excluding hydrogens is 420 g/mol. The zero-order chi connectivity index (χ0) is 20.8. The van der Waals surface area contributed by atoms with Gasteiger partial charge in [0.2, 0.25) is 11.1 Å². The summed E-state index contributed by atoms with van der Waals surface area (Å²) in [4.78, 5) is 17.8. The Balaban J connectivity index is 1.19. The van der Waals surface area contributed by atoms with Crippen LogP contribution in [0.2, 0.25) is 0 Å². The lowest BCUT2D eigenvalue weighted by molar-refractivity contribution is -0.130. The van der Waals surface area contributed by atoms with Gasteiger partial charge in [0.25, 0.3) is 0 Å². The molecule has 1 fully saturated rings. The summed E-state index contributed by atoms with van der Waals surface area (Å²) < 4.78 is 7.21. The first-order valence-electron chi connectivity index (χ1n) is 9.76. The van der Waals surface area contributed by atoms with Gasteiger partial charge in [-0.15, -0.1) is 21.5 Å². The first-order valence-corrected chi connectivity index (χ1v) is 11.6. The average Bonchev–Trinajstić information content (AvgIpc) is 3.43. The number of ether oxygens (including phenoxy) is 1. The second kappa shape index (κ2) is 9.96. The highest BCUT2D eigenvalue weighted by Crippen LogP contribution is 2.25. The molecule has 2 aromatic heterocycles. The lowest BCUT2D eigenvalue weighted by Gasteiger charge is -2.34. The minimum Gasteiger partial charge on any atom is -0.492 e. The zero-order valence-electron chi connectivity index (χ0n) is 16.5. The van der Waals surface area contributed by atoms with E-state index in [-0.39, 0.29) is 5.91 Å². The molecule has 3 heterocycles. The molecule has 0 spiro atoms. The standard InChI is InChI=1S/C20H24N6O2S2/c21-26-19(17-7-4-14-29-17)22-23-20(26)30-15-18(27)25-10-8-24(9-11-25)12-13-28-16-5-2-1-3-6-16/h1-7,14H,8-13,15,21H2. The highest BCUT2D eigenvalue weighted by Gasteiger charge is 2.22. The van der Waals surface area contributed by atoms with E-state index in [2.05, 4.69) is 15.1 Å². The Labute approximate surface area is 183 Å². The summed E-state index contributed by atoms with van der Waals surface area (Å²) in [6.07, 6.45) is 0. The SMILES string of the molecule is Nn1c(SCC(=O)N2CCN(CCOc3ccccc3)CC2)nnc1-c1cccs1. The monoisotopic (exact) mass is 444 g/mol.